The van der Waals surface area contributed by atoms with E-state index in [1.54, 1.807) is 0 Å². The molecule has 1 nitrogen and oxygen atoms in total. The minimum Gasteiger partial charge on any atom is -1.00 e. The first-order valence-electron chi connectivity index (χ1n) is 4.69. The van der Waals surface area contributed by atoms with E-state index >= 15 is 0 Å². The van der Waals surface area contributed by atoms with Crippen molar-refractivity contribution in [2.45, 2.75) is 40.2 Å². The molecule has 0 bridgehead atoms. The van der Waals surface area contributed by atoms with Gasteiger partial charge in [-0.15, -0.1) is 0 Å². The third-order valence-corrected chi connectivity index (χ3v) is 1.96. The Bertz CT molecular complexity index is 238. The third kappa shape index (κ3) is 4.28. The first-order chi connectivity index (χ1) is 5.72. The van der Waals surface area contributed by atoms with Gasteiger partial charge >= 0.3 is 0 Å². The molecule has 0 aliphatic heterocycles. The van der Waals surface area contributed by atoms with Gasteiger partial charge < -0.3 is 12.4 Å². The highest BCUT2D eigenvalue weighted by Gasteiger charge is 2.00. The van der Waals surface area contributed by atoms with Crippen LogP contribution in [0.5, 0.6) is 0 Å². The summed E-state index contributed by atoms with van der Waals surface area (Å²) in [5.41, 5.74) is 2.71. The van der Waals surface area contributed by atoms with Crippen LogP contribution in [-0.4, -0.2) is 0 Å². The van der Waals surface area contributed by atoms with Crippen LogP contribution in [0, 0.1) is 13.8 Å². The molecule has 2 heteroatoms. The zero-order chi connectivity index (χ0) is 8.97. The second kappa shape index (κ2) is 5.98. The number of hydrogen-bond acceptors (Lipinski definition) is 0. The van der Waals surface area contributed by atoms with E-state index in [-0.39, 0.29) is 12.4 Å². The number of nitrogens with zero attached hydrogens (tertiary/aromatic N) is 1. The molecule has 1 heterocycles. The lowest BCUT2D eigenvalue weighted by Gasteiger charge is -1.98. The normalized spacial score (nSPS) is 9.46. The lowest BCUT2D eigenvalue weighted by Crippen LogP contribution is -3.00. The van der Waals surface area contributed by atoms with Gasteiger partial charge in [0.1, 0.15) is 6.54 Å². The lowest BCUT2D eigenvalue weighted by molar-refractivity contribution is -0.698. The van der Waals surface area contributed by atoms with Gasteiger partial charge in [-0.2, -0.15) is 0 Å². The summed E-state index contributed by atoms with van der Waals surface area (Å²) in [6.45, 7) is 7.67. The summed E-state index contributed by atoms with van der Waals surface area (Å²) in [7, 11) is 0. The Morgan fingerprint density at radius 2 is 1.69 bits per heavy atom. The fourth-order valence-corrected chi connectivity index (χ4v) is 1.46. The number of hydrogen-bond donors (Lipinski definition) is 0. The molecular weight excluding hydrogens is 182 g/mol. The van der Waals surface area contributed by atoms with Crippen molar-refractivity contribution in [2.24, 2.45) is 0 Å². The van der Waals surface area contributed by atoms with Gasteiger partial charge in [-0.05, 0) is 19.9 Å². The monoisotopic (exact) mass is 199 g/mol. The Morgan fingerprint density at radius 3 is 2.15 bits per heavy atom. The van der Waals surface area contributed by atoms with Crippen LogP contribution in [0.15, 0.2) is 18.5 Å². The van der Waals surface area contributed by atoms with E-state index in [0.717, 1.165) is 6.54 Å². The molecule has 0 aromatic carbocycles. The summed E-state index contributed by atoms with van der Waals surface area (Å²) >= 11 is 0. The quantitative estimate of drug-likeness (QED) is 0.573. The van der Waals surface area contributed by atoms with E-state index in [9.17, 15) is 0 Å². The summed E-state index contributed by atoms with van der Waals surface area (Å²) in [5, 5.41) is 0. The molecule has 0 aliphatic carbocycles. The Kier molecular flexibility index (Phi) is 5.72. The van der Waals surface area contributed by atoms with Crippen molar-refractivity contribution in [1.82, 2.24) is 0 Å². The lowest BCUT2D eigenvalue weighted by atomic mass is 10.2. The fraction of sp³-hybridized carbons (Fsp3) is 0.545. The van der Waals surface area contributed by atoms with Crippen LogP contribution in [0.2, 0.25) is 0 Å². The van der Waals surface area contributed by atoms with Gasteiger partial charge in [-0.1, -0.05) is 13.3 Å². The Balaban J connectivity index is 0.00000144. The van der Waals surface area contributed by atoms with Crippen molar-refractivity contribution >= 4 is 0 Å². The van der Waals surface area contributed by atoms with E-state index in [4.69, 9.17) is 0 Å². The molecule has 0 atom stereocenters. The third-order valence-electron chi connectivity index (χ3n) is 1.96. The Hall–Kier alpha value is -0.560. The highest BCUT2D eigenvalue weighted by atomic mass is 35.5. The van der Waals surface area contributed by atoms with Crippen LogP contribution in [0.3, 0.4) is 0 Å². The number of pyridine rings is 1. The molecule has 0 N–H and O–H groups in total. The number of halogens is 1. The summed E-state index contributed by atoms with van der Waals surface area (Å²) in [6, 6.07) is 2.21. The van der Waals surface area contributed by atoms with Crippen LogP contribution in [-0.2, 0) is 6.54 Å². The van der Waals surface area contributed by atoms with Gasteiger partial charge in [0.25, 0.3) is 0 Å². The zero-order valence-corrected chi connectivity index (χ0v) is 9.43. The minimum absolute atomic E-state index is 0. The second-order valence-electron chi connectivity index (χ2n) is 3.48. The molecular formula is C11H18ClN. The first-order valence-corrected chi connectivity index (χ1v) is 4.69. The smallest absolute Gasteiger partial charge is 0.171 e. The fourth-order valence-electron chi connectivity index (χ4n) is 1.46. The largest absolute Gasteiger partial charge is 1.00 e. The molecule has 1 aromatic heterocycles. The molecule has 0 fully saturated rings. The molecule has 0 unspecified atom stereocenters. The van der Waals surface area contributed by atoms with E-state index in [1.807, 2.05) is 0 Å². The molecule has 13 heavy (non-hydrogen) atoms. The van der Waals surface area contributed by atoms with Crippen LogP contribution >= 0.6 is 0 Å². The molecule has 1 rings (SSSR count). The average Bonchev–Trinajstić information content (AvgIpc) is 1.99. The van der Waals surface area contributed by atoms with Crippen molar-refractivity contribution in [3.8, 4) is 0 Å². The number of aryl methyl sites for hydroxylation is 3. The summed E-state index contributed by atoms with van der Waals surface area (Å²) in [5.74, 6) is 0. The van der Waals surface area contributed by atoms with Gasteiger partial charge in [0.05, 0.1) is 0 Å². The topological polar surface area (TPSA) is 3.88 Å². The predicted octanol–water partition coefficient (Wildman–Crippen LogP) is -0.605. The maximum absolute atomic E-state index is 2.29. The van der Waals surface area contributed by atoms with E-state index < -0.39 is 0 Å². The maximum Gasteiger partial charge on any atom is 0.171 e. The van der Waals surface area contributed by atoms with Gasteiger partial charge in [-0.3, -0.25) is 0 Å². The van der Waals surface area contributed by atoms with Gasteiger partial charge in [-0.25, -0.2) is 4.57 Å². The van der Waals surface area contributed by atoms with Gasteiger partial charge in [0.2, 0.25) is 0 Å². The molecule has 0 aliphatic rings. The maximum atomic E-state index is 2.29. The molecule has 0 saturated carbocycles. The molecule has 0 amide bonds. The second-order valence-corrected chi connectivity index (χ2v) is 3.48. The van der Waals surface area contributed by atoms with Gasteiger partial charge in [0.15, 0.2) is 12.4 Å². The van der Waals surface area contributed by atoms with Crippen molar-refractivity contribution in [3.63, 3.8) is 0 Å². The van der Waals surface area contributed by atoms with Crippen molar-refractivity contribution in [1.29, 1.82) is 0 Å². The number of rotatable bonds is 3. The van der Waals surface area contributed by atoms with Crippen molar-refractivity contribution in [3.05, 3.63) is 29.6 Å². The highest BCUT2D eigenvalue weighted by molar-refractivity contribution is 5.11. The zero-order valence-electron chi connectivity index (χ0n) is 8.68. The van der Waals surface area contributed by atoms with Crippen molar-refractivity contribution < 1.29 is 17.0 Å². The molecule has 0 radical (unpaired) electrons. The van der Waals surface area contributed by atoms with E-state index in [0.29, 0.717) is 0 Å². The van der Waals surface area contributed by atoms with Crippen molar-refractivity contribution in [2.75, 3.05) is 0 Å². The SMILES string of the molecule is CCCC[n+]1cc(C)cc(C)c1.[Cl-]. The van der Waals surface area contributed by atoms with Gasteiger partial charge in [0, 0.05) is 17.5 Å². The average molecular weight is 200 g/mol. The summed E-state index contributed by atoms with van der Waals surface area (Å²) < 4.78 is 2.29. The molecule has 0 spiro atoms. The molecule has 74 valence electrons. The summed E-state index contributed by atoms with van der Waals surface area (Å²) in [4.78, 5) is 0. The Labute approximate surface area is 87.2 Å². The minimum atomic E-state index is 0. The highest BCUT2D eigenvalue weighted by Crippen LogP contribution is 1.97. The number of unbranched alkanes of at least 4 members (excludes halogenated alkanes) is 1. The standard InChI is InChI=1S/C11H18N.ClH/c1-4-5-6-12-8-10(2)7-11(3)9-12;/h7-9H,4-6H2,1-3H3;1H/q+1;/p-1. The molecule has 1 aromatic rings. The van der Waals surface area contributed by atoms with Crippen LogP contribution in [0.4, 0.5) is 0 Å². The first kappa shape index (κ1) is 12.4. The van der Waals surface area contributed by atoms with E-state index in [2.05, 4.69) is 43.8 Å². The summed E-state index contributed by atoms with van der Waals surface area (Å²) in [6.07, 6.45) is 6.96. The van der Waals surface area contributed by atoms with Crippen LogP contribution in [0.25, 0.3) is 0 Å². The van der Waals surface area contributed by atoms with Crippen LogP contribution < -0.4 is 17.0 Å². The predicted molar refractivity (Wildman–Crippen MR) is 51.0 cm³/mol. The number of aromatic nitrogens is 1. The Morgan fingerprint density at radius 1 is 1.15 bits per heavy atom. The van der Waals surface area contributed by atoms with E-state index in [1.165, 1.54) is 24.0 Å². The molecule has 0 saturated heterocycles. The van der Waals surface area contributed by atoms with Crippen LogP contribution in [0.1, 0.15) is 30.9 Å².